The molecular weight excluding hydrogens is 343 g/mol. The Labute approximate surface area is 126 Å². The van der Waals surface area contributed by atoms with Crippen LogP contribution in [0.25, 0.3) is 0 Å². The smallest absolute Gasteiger partial charge is 0.218 e. The minimum atomic E-state index is 0. The summed E-state index contributed by atoms with van der Waals surface area (Å²) < 4.78 is 5.19. The number of pyridine rings is 1. The number of rotatable bonds is 3. The molecule has 0 unspecified atom stereocenters. The highest BCUT2D eigenvalue weighted by atomic mass is 127. The normalized spacial score (nSPS) is 9.17. The molecule has 0 aliphatic heterocycles. The van der Waals surface area contributed by atoms with Crippen molar-refractivity contribution in [3.63, 3.8) is 0 Å². The van der Waals surface area contributed by atoms with Gasteiger partial charge in [0.1, 0.15) is 0 Å². The van der Waals surface area contributed by atoms with E-state index in [1.165, 1.54) is 0 Å². The third-order valence-electron chi connectivity index (χ3n) is 2.23. The van der Waals surface area contributed by atoms with Crippen molar-refractivity contribution in [1.82, 2.24) is 14.8 Å². The molecule has 0 amide bonds. The highest BCUT2D eigenvalue weighted by Crippen LogP contribution is 2.14. The number of ether oxygens (including phenoxy) is 1. The molecule has 0 aliphatic rings. The summed E-state index contributed by atoms with van der Waals surface area (Å²) in [6.07, 6.45) is 1.71. The van der Waals surface area contributed by atoms with Crippen molar-refractivity contribution in [2.24, 2.45) is 4.99 Å². The summed E-state index contributed by atoms with van der Waals surface area (Å²) in [6.45, 7) is 0.558. The minimum Gasteiger partial charge on any atom is -0.481 e. The van der Waals surface area contributed by atoms with Gasteiger partial charge in [-0.15, -0.1) is 24.0 Å². The summed E-state index contributed by atoms with van der Waals surface area (Å²) in [4.78, 5) is 12.6. The lowest BCUT2D eigenvalue weighted by atomic mass is 10.3. The Kier molecular flexibility index (Phi) is 7.65. The molecule has 1 rings (SSSR count). The second-order valence-corrected chi connectivity index (χ2v) is 4.08. The van der Waals surface area contributed by atoms with E-state index >= 15 is 0 Å². The van der Waals surface area contributed by atoms with Gasteiger partial charge in [-0.2, -0.15) is 0 Å². The Bertz CT molecular complexity index is 383. The Morgan fingerprint density at radius 3 is 2.39 bits per heavy atom. The van der Waals surface area contributed by atoms with Crippen LogP contribution >= 0.6 is 24.0 Å². The van der Waals surface area contributed by atoms with Gasteiger partial charge >= 0.3 is 0 Å². The van der Waals surface area contributed by atoms with Crippen molar-refractivity contribution in [2.75, 3.05) is 35.3 Å². The van der Waals surface area contributed by atoms with Crippen LogP contribution in [0.15, 0.2) is 23.3 Å². The first kappa shape index (κ1) is 16.9. The molecule has 0 aromatic carbocycles. The van der Waals surface area contributed by atoms with Crippen LogP contribution in [0.2, 0.25) is 0 Å². The number of aliphatic imine (C=N–C) groups is 1. The maximum Gasteiger partial charge on any atom is 0.218 e. The minimum absolute atomic E-state index is 0. The molecular formula is C12H21IN4O. The first-order valence-electron chi connectivity index (χ1n) is 5.43. The van der Waals surface area contributed by atoms with E-state index in [1.807, 2.05) is 50.1 Å². The van der Waals surface area contributed by atoms with Crippen LogP contribution in [-0.4, -0.2) is 56.0 Å². The first-order chi connectivity index (χ1) is 8.06. The van der Waals surface area contributed by atoms with Crippen molar-refractivity contribution >= 4 is 29.9 Å². The molecule has 102 valence electrons. The molecule has 0 bridgehead atoms. The maximum absolute atomic E-state index is 5.19. The molecule has 1 heterocycles. The molecule has 5 nitrogen and oxygen atoms in total. The van der Waals surface area contributed by atoms with Gasteiger partial charge in [0.2, 0.25) is 5.88 Å². The molecule has 0 spiro atoms. The first-order valence-corrected chi connectivity index (χ1v) is 5.43. The van der Waals surface area contributed by atoms with Crippen molar-refractivity contribution in [3.05, 3.63) is 23.9 Å². The number of guanidine groups is 1. The van der Waals surface area contributed by atoms with Crippen LogP contribution in [0, 0.1) is 0 Å². The zero-order valence-corrected chi connectivity index (χ0v) is 13.9. The maximum atomic E-state index is 5.19. The lowest BCUT2D eigenvalue weighted by molar-refractivity contribution is 0.392. The van der Waals surface area contributed by atoms with E-state index in [9.17, 15) is 0 Å². The van der Waals surface area contributed by atoms with Crippen LogP contribution < -0.4 is 4.74 Å². The van der Waals surface area contributed by atoms with Crippen LogP contribution in [0.5, 0.6) is 5.88 Å². The Hall–Kier alpha value is -1.05. The van der Waals surface area contributed by atoms with Gasteiger partial charge < -0.3 is 14.5 Å². The summed E-state index contributed by atoms with van der Waals surface area (Å²) in [5, 5.41) is 0. The Morgan fingerprint density at radius 1 is 1.28 bits per heavy atom. The molecule has 0 N–H and O–H groups in total. The van der Waals surface area contributed by atoms with Crippen molar-refractivity contribution in [1.29, 1.82) is 0 Å². The molecule has 0 fully saturated rings. The SMILES string of the molecule is COc1ncccc1CN=C(N(C)C)N(C)C.I. The molecule has 0 aliphatic carbocycles. The van der Waals surface area contributed by atoms with Crippen molar-refractivity contribution < 1.29 is 4.74 Å². The zero-order chi connectivity index (χ0) is 12.8. The van der Waals surface area contributed by atoms with E-state index in [4.69, 9.17) is 4.74 Å². The Morgan fingerprint density at radius 2 is 1.89 bits per heavy atom. The predicted octanol–water partition coefficient (Wildman–Crippen LogP) is 1.69. The fourth-order valence-corrected chi connectivity index (χ4v) is 1.57. The molecule has 1 aromatic rings. The van der Waals surface area contributed by atoms with Gasteiger partial charge in [0.15, 0.2) is 5.96 Å². The van der Waals surface area contributed by atoms with E-state index in [-0.39, 0.29) is 24.0 Å². The van der Waals surface area contributed by atoms with E-state index < -0.39 is 0 Å². The fraction of sp³-hybridized carbons (Fsp3) is 0.500. The monoisotopic (exact) mass is 364 g/mol. The molecule has 6 heteroatoms. The lowest BCUT2D eigenvalue weighted by Crippen LogP contribution is -2.35. The van der Waals surface area contributed by atoms with Gasteiger partial charge in [0.05, 0.1) is 13.7 Å². The van der Waals surface area contributed by atoms with Gasteiger partial charge in [-0.1, -0.05) is 6.07 Å². The average Bonchev–Trinajstić information content (AvgIpc) is 2.29. The summed E-state index contributed by atoms with van der Waals surface area (Å²) in [7, 11) is 9.51. The van der Waals surface area contributed by atoms with Crippen LogP contribution in [-0.2, 0) is 6.54 Å². The molecule has 0 saturated carbocycles. The molecule has 18 heavy (non-hydrogen) atoms. The quantitative estimate of drug-likeness (QED) is 0.465. The van der Waals surface area contributed by atoms with Gasteiger partial charge in [-0.25, -0.2) is 9.98 Å². The summed E-state index contributed by atoms with van der Waals surface area (Å²) in [5.41, 5.74) is 0.983. The average molecular weight is 364 g/mol. The van der Waals surface area contributed by atoms with Gasteiger partial charge in [0, 0.05) is 40.0 Å². The van der Waals surface area contributed by atoms with E-state index in [0.717, 1.165) is 11.5 Å². The van der Waals surface area contributed by atoms with Crippen LogP contribution in [0.4, 0.5) is 0 Å². The standard InChI is InChI=1S/C12H20N4O.HI/c1-15(2)12(16(3)4)14-9-10-7-6-8-13-11(10)17-5;/h6-8H,9H2,1-5H3;1H. The zero-order valence-electron chi connectivity index (χ0n) is 11.5. The summed E-state index contributed by atoms with van der Waals surface area (Å²) in [5.74, 6) is 1.55. The summed E-state index contributed by atoms with van der Waals surface area (Å²) >= 11 is 0. The van der Waals surface area contributed by atoms with Gasteiger partial charge in [0.25, 0.3) is 0 Å². The lowest BCUT2D eigenvalue weighted by Gasteiger charge is -2.22. The van der Waals surface area contributed by atoms with Gasteiger partial charge in [-0.3, -0.25) is 0 Å². The highest BCUT2D eigenvalue weighted by Gasteiger charge is 2.06. The largest absolute Gasteiger partial charge is 0.481 e. The van der Waals surface area contributed by atoms with Crippen molar-refractivity contribution in [3.8, 4) is 5.88 Å². The van der Waals surface area contributed by atoms with E-state index in [0.29, 0.717) is 12.4 Å². The summed E-state index contributed by atoms with van der Waals surface area (Å²) in [6, 6.07) is 3.86. The predicted molar refractivity (Wildman–Crippen MR) is 84.7 cm³/mol. The number of methoxy groups -OCH3 is 1. The molecule has 0 radical (unpaired) electrons. The number of hydrogen-bond donors (Lipinski definition) is 0. The number of hydrogen-bond acceptors (Lipinski definition) is 3. The number of nitrogens with zero attached hydrogens (tertiary/aromatic N) is 4. The van der Waals surface area contributed by atoms with Crippen LogP contribution in [0.3, 0.4) is 0 Å². The third-order valence-corrected chi connectivity index (χ3v) is 2.23. The topological polar surface area (TPSA) is 41.0 Å². The highest BCUT2D eigenvalue weighted by molar-refractivity contribution is 14.0. The third kappa shape index (κ3) is 4.67. The molecule has 1 aromatic heterocycles. The van der Waals surface area contributed by atoms with E-state index in [2.05, 4.69) is 9.98 Å². The molecule has 0 atom stereocenters. The fourth-order valence-electron chi connectivity index (χ4n) is 1.57. The second-order valence-electron chi connectivity index (χ2n) is 4.08. The number of aromatic nitrogens is 1. The second kappa shape index (κ2) is 8.12. The number of halogens is 1. The van der Waals surface area contributed by atoms with Crippen LogP contribution in [0.1, 0.15) is 5.56 Å². The van der Waals surface area contributed by atoms with Crippen molar-refractivity contribution in [2.45, 2.75) is 6.54 Å². The van der Waals surface area contributed by atoms with E-state index in [1.54, 1.807) is 13.3 Å². The Balaban J connectivity index is 0.00000289. The molecule has 0 saturated heterocycles. The van der Waals surface area contributed by atoms with Gasteiger partial charge in [-0.05, 0) is 6.07 Å².